The molecule has 1 aromatic carbocycles. The number of hydrogen-bond donors (Lipinski definition) is 2. The molecule has 0 atom stereocenters. The van der Waals surface area contributed by atoms with E-state index in [1.165, 1.54) is 11.1 Å². The van der Waals surface area contributed by atoms with Crippen molar-refractivity contribution >= 4 is 5.91 Å². The van der Waals surface area contributed by atoms with Gasteiger partial charge in [-0.25, -0.2) is 0 Å². The summed E-state index contributed by atoms with van der Waals surface area (Å²) in [5.74, 6) is 0.0525. The highest BCUT2D eigenvalue weighted by molar-refractivity contribution is 5.76. The third kappa shape index (κ3) is 4.45. The number of aliphatic hydroxyl groups excluding tert-OH is 1. The Labute approximate surface area is 96.5 Å². The van der Waals surface area contributed by atoms with Crippen LogP contribution >= 0.6 is 0 Å². The van der Waals surface area contributed by atoms with Gasteiger partial charge in [0.1, 0.15) is 0 Å². The topological polar surface area (TPSA) is 49.3 Å². The van der Waals surface area contributed by atoms with Gasteiger partial charge in [0.25, 0.3) is 0 Å². The second-order valence-electron chi connectivity index (χ2n) is 3.85. The van der Waals surface area contributed by atoms with Gasteiger partial charge in [-0.05, 0) is 30.9 Å². The van der Waals surface area contributed by atoms with Crippen molar-refractivity contribution in [1.29, 1.82) is 0 Å². The zero-order valence-corrected chi connectivity index (χ0v) is 9.70. The number of carbonyl (C=O) groups is 1. The van der Waals surface area contributed by atoms with Crippen LogP contribution in [0.3, 0.4) is 0 Å². The number of hydrogen-bond acceptors (Lipinski definition) is 2. The lowest BCUT2D eigenvalue weighted by molar-refractivity contribution is -0.121. The van der Waals surface area contributed by atoms with Crippen molar-refractivity contribution < 1.29 is 9.90 Å². The highest BCUT2D eigenvalue weighted by Gasteiger charge is 2.02. The molecule has 2 N–H and O–H groups in total. The number of carbonyl (C=O) groups excluding carboxylic acids is 1. The first-order valence-electron chi connectivity index (χ1n) is 5.66. The van der Waals surface area contributed by atoms with Crippen LogP contribution in [0.15, 0.2) is 24.3 Å². The predicted octanol–water partition coefficient (Wildman–Crippen LogP) is 1.43. The lowest BCUT2D eigenvalue weighted by Crippen LogP contribution is -2.25. The summed E-state index contributed by atoms with van der Waals surface area (Å²) in [6.45, 7) is 2.74. The number of rotatable bonds is 6. The summed E-state index contributed by atoms with van der Waals surface area (Å²) in [7, 11) is 0. The Balaban J connectivity index is 2.29. The van der Waals surface area contributed by atoms with Crippen molar-refractivity contribution in [3.8, 4) is 0 Å². The van der Waals surface area contributed by atoms with Gasteiger partial charge in [0.05, 0.1) is 0 Å². The molecule has 0 aromatic heterocycles. The average Bonchev–Trinajstić information content (AvgIpc) is 2.28. The van der Waals surface area contributed by atoms with Gasteiger partial charge in [0, 0.05) is 19.6 Å². The fourth-order valence-corrected chi connectivity index (χ4v) is 1.53. The van der Waals surface area contributed by atoms with Crippen molar-refractivity contribution in [2.75, 3.05) is 13.2 Å². The van der Waals surface area contributed by atoms with Gasteiger partial charge in [-0.1, -0.05) is 24.3 Å². The van der Waals surface area contributed by atoms with Crippen LogP contribution < -0.4 is 5.32 Å². The van der Waals surface area contributed by atoms with E-state index in [1.807, 2.05) is 12.1 Å². The minimum Gasteiger partial charge on any atom is -0.396 e. The van der Waals surface area contributed by atoms with Gasteiger partial charge in [-0.2, -0.15) is 0 Å². The molecular formula is C13H19NO2. The van der Waals surface area contributed by atoms with Crippen LogP contribution in [0.2, 0.25) is 0 Å². The summed E-state index contributed by atoms with van der Waals surface area (Å²) in [6, 6.07) is 8.10. The smallest absolute Gasteiger partial charge is 0.220 e. The summed E-state index contributed by atoms with van der Waals surface area (Å²) >= 11 is 0. The maximum atomic E-state index is 11.4. The molecule has 0 bridgehead atoms. The molecular weight excluding hydrogens is 202 g/mol. The van der Waals surface area contributed by atoms with E-state index >= 15 is 0 Å². The van der Waals surface area contributed by atoms with E-state index in [2.05, 4.69) is 24.4 Å². The first-order chi connectivity index (χ1) is 7.74. The van der Waals surface area contributed by atoms with Gasteiger partial charge in [-0.15, -0.1) is 0 Å². The third-order valence-electron chi connectivity index (χ3n) is 2.54. The molecule has 3 nitrogen and oxygen atoms in total. The van der Waals surface area contributed by atoms with E-state index in [0.717, 1.165) is 6.42 Å². The van der Waals surface area contributed by atoms with E-state index in [1.54, 1.807) is 0 Å². The van der Waals surface area contributed by atoms with Crippen LogP contribution in [0.1, 0.15) is 24.0 Å². The van der Waals surface area contributed by atoms with E-state index in [-0.39, 0.29) is 12.5 Å². The fraction of sp³-hybridized carbons (Fsp3) is 0.462. The number of nitrogens with one attached hydrogen (secondary N) is 1. The highest BCUT2D eigenvalue weighted by atomic mass is 16.3. The molecule has 0 aliphatic carbocycles. The van der Waals surface area contributed by atoms with Crippen molar-refractivity contribution in [3.05, 3.63) is 35.4 Å². The largest absolute Gasteiger partial charge is 0.396 e. The molecule has 0 radical (unpaired) electrons. The Morgan fingerprint density at radius 2 is 2.12 bits per heavy atom. The second-order valence-corrected chi connectivity index (χ2v) is 3.85. The van der Waals surface area contributed by atoms with Gasteiger partial charge in [0.15, 0.2) is 0 Å². The summed E-state index contributed by atoms with van der Waals surface area (Å²) in [4.78, 5) is 11.4. The lowest BCUT2D eigenvalue weighted by atomic mass is 10.0. The molecule has 0 heterocycles. The van der Waals surface area contributed by atoms with Crippen LogP contribution in [-0.2, 0) is 11.2 Å². The summed E-state index contributed by atoms with van der Waals surface area (Å²) < 4.78 is 0. The van der Waals surface area contributed by atoms with Crippen molar-refractivity contribution in [2.45, 2.75) is 26.2 Å². The zero-order valence-electron chi connectivity index (χ0n) is 9.70. The van der Waals surface area contributed by atoms with E-state index in [4.69, 9.17) is 5.11 Å². The summed E-state index contributed by atoms with van der Waals surface area (Å²) in [6.07, 6.45) is 1.91. The third-order valence-corrected chi connectivity index (χ3v) is 2.54. The molecule has 0 aliphatic rings. The monoisotopic (exact) mass is 221 g/mol. The molecule has 16 heavy (non-hydrogen) atoms. The van der Waals surface area contributed by atoms with Crippen LogP contribution in [0.25, 0.3) is 0 Å². The predicted molar refractivity (Wildman–Crippen MR) is 64.2 cm³/mol. The molecule has 0 unspecified atom stereocenters. The van der Waals surface area contributed by atoms with Gasteiger partial charge >= 0.3 is 0 Å². The van der Waals surface area contributed by atoms with Crippen molar-refractivity contribution in [2.24, 2.45) is 0 Å². The normalized spacial score (nSPS) is 10.1. The minimum atomic E-state index is 0.0525. The number of amides is 1. The van der Waals surface area contributed by atoms with Crippen molar-refractivity contribution in [1.82, 2.24) is 5.32 Å². The molecule has 1 rings (SSSR count). The Kier molecular flexibility index (Phi) is 5.57. The Morgan fingerprint density at radius 1 is 1.38 bits per heavy atom. The molecule has 88 valence electrons. The molecule has 0 saturated heterocycles. The maximum absolute atomic E-state index is 11.4. The van der Waals surface area contributed by atoms with E-state index in [0.29, 0.717) is 19.4 Å². The van der Waals surface area contributed by atoms with Crippen molar-refractivity contribution in [3.63, 3.8) is 0 Å². The molecule has 0 spiro atoms. The van der Waals surface area contributed by atoms with Gasteiger partial charge in [-0.3, -0.25) is 4.79 Å². The second kappa shape index (κ2) is 7.01. The van der Waals surface area contributed by atoms with Gasteiger partial charge in [0.2, 0.25) is 5.91 Å². The molecule has 0 aliphatic heterocycles. The fourth-order valence-electron chi connectivity index (χ4n) is 1.53. The summed E-state index contributed by atoms with van der Waals surface area (Å²) in [5, 5.41) is 11.3. The first kappa shape index (κ1) is 12.7. The molecule has 3 heteroatoms. The molecule has 1 aromatic rings. The maximum Gasteiger partial charge on any atom is 0.220 e. The van der Waals surface area contributed by atoms with Crippen LogP contribution in [0.5, 0.6) is 0 Å². The molecule has 1 amide bonds. The standard InChI is InChI=1S/C13H19NO2/c1-11-5-2-3-6-12(11)7-8-13(16)14-9-4-10-15/h2-3,5-6,15H,4,7-10H2,1H3,(H,14,16). The Morgan fingerprint density at radius 3 is 2.81 bits per heavy atom. The molecule has 0 fully saturated rings. The van der Waals surface area contributed by atoms with Crippen LogP contribution in [0, 0.1) is 6.92 Å². The Hall–Kier alpha value is -1.35. The quantitative estimate of drug-likeness (QED) is 0.714. The first-order valence-corrected chi connectivity index (χ1v) is 5.66. The lowest BCUT2D eigenvalue weighted by Gasteiger charge is -2.06. The Bertz CT molecular complexity index is 336. The van der Waals surface area contributed by atoms with E-state index in [9.17, 15) is 4.79 Å². The number of aryl methyl sites for hydroxylation is 2. The van der Waals surface area contributed by atoms with Gasteiger partial charge < -0.3 is 10.4 Å². The zero-order chi connectivity index (χ0) is 11.8. The number of aliphatic hydroxyl groups is 1. The minimum absolute atomic E-state index is 0.0525. The number of benzene rings is 1. The average molecular weight is 221 g/mol. The van der Waals surface area contributed by atoms with E-state index < -0.39 is 0 Å². The molecule has 0 saturated carbocycles. The van der Waals surface area contributed by atoms with Crippen LogP contribution in [-0.4, -0.2) is 24.2 Å². The SMILES string of the molecule is Cc1ccccc1CCC(=O)NCCCO. The summed E-state index contributed by atoms with van der Waals surface area (Å²) in [5.41, 5.74) is 2.45. The highest BCUT2D eigenvalue weighted by Crippen LogP contribution is 2.09. The van der Waals surface area contributed by atoms with Crippen LogP contribution in [0.4, 0.5) is 0 Å².